The number of fused-ring (bicyclic) bond motifs is 1. The molecule has 0 bridgehead atoms. The normalized spacial score (nSPS) is 41.8. The molecule has 1 saturated carbocycles. The Bertz CT molecular complexity index is 190. The van der Waals surface area contributed by atoms with Gasteiger partial charge in [0.15, 0.2) is 0 Å². The van der Waals surface area contributed by atoms with Gasteiger partial charge in [0.25, 0.3) is 0 Å². The molecule has 2 rings (SSSR count). The van der Waals surface area contributed by atoms with Crippen molar-refractivity contribution in [3.8, 4) is 0 Å². The van der Waals surface area contributed by atoms with Crippen molar-refractivity contribution in [3.63, 3.8) is 0 Å². The maximum atomic E-state index is 2.56. The van der Waals surface area contributed by atoms with Crippen LogP contribution in [0.3, 0.4) is 0 Å². The van der Waals surface area contributed by atoms with Crippen LogP contribution in [-0.4, -0.2) is 0 Å². The summed E-state index contributed by atoms with van der Waals surface area (Å²) in [5.74, 6) is 2.80. The van der Waals surface area contributed by atoms with Crippen LogP contribution >= 0.6 is 0 Å². The summed E-state index contributed by atoms with van der Waals surface area (Å²) in [7, 11) is 0. The van der Waals surface area contributed by atoms with Crippen LogP contribution in [-0.2, 0) is 0 Å². The first-order valence-electron chi connectivity index (χ1n) is 5.46. The molecule has 2 unspecified atom stereocenters. The summed E-state index contributed by atoms with van der Waals surface area (Å²) in [5, 5.41) is 0. The summed E-state index contributed by atoms with van der Waals surface area (Å²) >= 11 is 0. The Morgan fingerprint density at radius 1 is 1.08 bits per heavy atom. The van der Waals surface area contributed by atoms with E-state index in [9.17, 15) is 0 Å². The molecule has 0 saturated heterocycles. The van der Waals surface area contributed by atoms with Crippen molar-refractivity contribution < 1.29 is 0 Å². The lowest BCUT2D eigenvalue weighted by Crippen LogP contribution is -2.20. The fraction of sp³-hybridized carbons (Fsp3) is 0.833. The smallest absolute Gasteiger partial charge is 0.0203 e. The number of hydrogen-bond acceptors (Lipinski definition) is 0. The Hall–Kier alpha value is -0.260. The first kappa shape index (κ1) is 8.34. The van der Waals surface area contributed by atoms with Gasteiger partial charge in [-0.15, -0.1) is 0 Å². The van der Waals surface area contributed by atoms with Gasteiger partial charge in [0.1, 0.15) is 0 Å². The molecular weight excluding hydrogens is 144 g/mol. The minimum atomic E-state index is 0.863. The first-order valence-corrected chi connectivity index (χ1v) is 5.46. The fourth-order valence-corrected chi connectivity index (χ4v) is 2.79. The van der Waals surface area contributed by atoms with Gasteiger partial charge in [-0.05, 0) is 49.9 Å². The Kier molecular flexibility index (Phi) is 2.25. The van der Waals surface area contributed by atoms with Gasteiger partial charge in [0.2, 0.25) is 0 Å². The second-order valence-electron chi connectivity index (χ2n) is 4.88. The molecule has 0 heteroatoms. The molecule has 1 fully saturated rings. The Morgan fingerprint density at radius 2 is 1.83 bits per heavy atom. The summed E-state index contributed by atoms with van der Waals surface area (Å²) in [6.07, 6.45) is 9.80. The van der Waals surface area contributed by atoms with Crippen LogP contribution in [0.4, 0.5) is 0 Å². The second kappa shape index (κ2) is 3.24. The van der Waals surface area contributed by atoms with Crippen molar-refractivity contribution in [2.24, 2.45) is 17.8 Å². The summed E-state index contributed by atoms with van der Waals surface area (Å²) < 4.78 is 0. The average Bonchev–Trinajstić information content (AvgIpc) is 2.03. The topological polar surface area (TPSA) is 0 Å². The molecule has 0 spiro atoms. The van der Waals surface area contributed by atoms with Crippen molar-refractivity contribution in [2.45, 2.75) is 46.0 Å². The second-order valence-corrected chi connectivity index (χ2v) is 4.88. The Morgan fingerprint density at radius 3 is 2.67 bits per heavy atom. The van der Waals surface area contributed by atoms with Crippen LogP contribution in [0.15, 0.2) is 11.6 Å². The van der Waals surface area contributed by atoms with E-state index in [1.54, 1.807) is 5.57 Å². The fourth-order valence-electron chi connectivity index (χ4n) is 2.79. The van der Waals surface area contributed by atoms with Crippen LogP contribution in [0.2, 0.25) is 0 Å². The van der Waals surface area contributed by atoms with Gasteiger partial charge in [0, 0.05) is 0 Å². The summed E-state index contributed by atoms with van der Waals surface area (Å²) in [4.78, 5) is 0. The monoisotopic (exact) mass is 164 g/mol. The van der Waals surface area contributed by atoms with E-state index in [1.807, 2.05) is 0 Å². The van der Waals surface area contributed by atoms with Gasteiger partial charge in [-0.3, -0.25) is 0 Å². The molecule has 0 N–H and O–H groups in total. The Labute approximate surface area is 76.1 Å². The van der Waals surface area contributed by atoms with Crippen LogP contribution < -0.4 is 0 Å². The van der Waals surface area contributed by atoms with Gasteiger partial charge in [-0.2, -0.15) is 0 Å². The average molecular weight is 164 g/mol. The molecule has 3 atom stereocenters. The molecule has 0 amide bonds. The number of rotatable bonds is 0. The zero-order valence-electron chi connectivity index (χ0n) is 8.34. The predicted octanol–water partition coefficient (Wildman–Crippen LogP) is 3.78. The third kappa shape index (κ3) is 1.57. The van der Waals surface area contributed by atoms with Gasteiger partial charge in [0.05, 0.1) is 0 Å². The Balaban J connectivity index is 2.10. The number of allylic oxidation sites excluding steroid dienone is 2. The highest BCUT2D eigenvalue weighted by atomic mass is 14.3. The van der Waals surface area contributed by atoms with E-state index >= 15 is 0 Å². The van der Waals surface area contributed by atoms with Gasteiger partial charge < -0.3 is 0 Å². The van der Waals surface area contributed by atoms with Crippen LogP contribution in [0, 0.1) is 17.8 Å². The molecule has 0 aliphatic heterocycles. The summed E-state index contributed by atoms with van der Waals surface area (Å²) in [5.41, 5.74) is 1.80. The van der Waals surface area contributed by atoms with Crippen molar-refractivity contribution >= 4 is 0 Å². The van der Waals surface area contributed by atoms with E-state index in [2.05, 4.69) is 19.9 Å². The third-order valence-electron chi connectivity index (χ3n) is 3.59. The van der Waals surface area contributed by atoms with E-state index in [1.165, 1.54) is 32.1 Å². The molecule has 68 valence electrons. The van der Waals surface area contributed by atoms with Gasteiger partial charge in [-0.1, -0.05) is 25.5 Å². The lowest BCUT2D eigenvalue weighted by Gasteiger charge is -2.34. The minimum Gasteiger partial charge on any atom is -0.0822 e. The van der Waals surface area contributed by atoms with Crippen molar-refractivity contribution in [3.05, 3.63) is 11.6 Å². The highest BCUT2D eigenvalue weighted by molar-refractivity contribution is 5.14. The quantitative estimate of drug-likeness (QED) is 0.478. The standard InChI is InChI=1S/C12H20/c1-9-3-5-11-6-4-10(2)8-12(11)7-9/h7,9-11H,3-6,8H2,1-2H3/t9?,10-,11?/m1/s1. The maximum Gasteiger partial charge on any atom is -0.0203 e. The molecule has 0 heterocycles. The SMILES string of the molecule is CC1C=C2C[C@H](C)CCC2CC1. The molecule has 0 radical (unpaired) electrons. The molecule has 0 aromatic heterocycles. The molecule has 0 aromatic carbocycles. The predicted molar refractivity (Wildman–Crippen MR) is 53.0 cm³/mol. The van der Waals surface area contributed by atoms with Crippen molar-refractivity contribution in [1.82, 2.24) is 0 Å². The lowest BCUT2D eigenvalue weighted by molar-refractivity contribution is 0.321. The van der Waals surface area contributed by atoms with E-state index in [0.29, 0.717) is 0 Å². The van der Waals surface area contributed by atoms with Crippen molar-refractivity contribution in [1.29, 1.82) is 0 Å². The molecule has 0 nitrogen and oxygen atoms in total. The van der Waals surface area contributed by atoms with E-state index in [4.69, 9.17) is 0 Å². The largest absolute Gasteiger partial charge is 0.0822 e. The number of hydrogen-bond donors (Lipinski definition) is 0. The molecule has 2 aliphatic rings. The summed E-state index contributed by atoms with van der Waals surface area (Å²) in [6, 6.07) is 0. The highest BCUT2D eigenvalue weighted by Gasteiger charge is 2.26. The molecular formula is C12H20. The maximum absolute atomic E-state index is 2.56. The first-order chi connectivity index (χ1) is 5.75. The lowest BCUT2D eigenvalue weighted by atomic mass is 9.72. The van der Waals surface area contributed by atoms with E-state index < -0.39 is 0 Å². The summed E-state index contributed by atoms with van der Waals surface area (Å²) in [6.45, 7) is 4.76. The highest BCUT2D eigenvalue weighted by Crippen LogP contribution is 2.40. The third-order valence-corrected chi connectivity index (χ3v) is 3.59. The molecule has 2 aliphatic carbocycles. The zero-order chi connectivity index (χ0) is 8.55. The van der Waals surface area contributed by atoms with E-state index in [0.717, 1.165) is 17.8 Å². The van der Waals surface area contributed by atoms with E-state index in [-0.39, 0.29) is 0 Å². The zero-order valence-corrected chi connectivity index (χ0v) is 8.34. The molecule has 0 aromatic rings. The van der Waals surface area contributed by atoms with Gasteiger partial charge >= 0.3 is 0 Å². The minimum absolute atomic E-state index is 0.863. The van der Waals surface area contributed by atoms with Crippen LogP contribution in [0.25, 0.3) is 0 Å². The molecule has 12 heavy (non-hydrogen) atoms. The van der Waals surface area contributed by atoms with Crippen LogP contribution in [0.5, 0.6) is 0 Å². The van der Waals surface area contributed by atoms with Gasteiger partial charge in [-0.25, -0.2) is 0 Å². The van der Waals surface area contributed by atoms with Crippen LogP contribution in [0.1, 0.15) is 46.0 Å². The van der Waals surface area contributed by atoms with Crippen molar-refractivity contribution in [2.75, 3.05) is 0 Å².